The first-order chi connectivity index (χ1) is 9.81. The molecule has 2 nitrogen and oxygen atoms in total. The molecule has 0 N–H and O–H groups in total. The number of hydrogen-bond acceptors (Lipinski definition) is 2. The number of benzene rings is 2. The second-order valence-corrected chi connectivity index (χ2v) is 4.26. The molecule has 0 heterocycles. The third kappa shape index (κ3) is 4.02. The van der Waals surface area contributed by atoms with Crippen molar-refractivity contribution in [1.29, 1.82) is 0 Å². The van der Waals surface area contributed by atoms with Gasteiger partial charge in [-0.15, -0.1) is 0 Å². The van der Waals surface area contributed by atoms with Crippen molar-refractivity contribution < 1.29 is 9.47 Å². The first-order valence-corrected chi connectivity index (χ1v) is 6.44. The molecule has 0 atom stereocenters. The Hall–Kier alpha value is -2.48. The van der Waals surface area contributed by atoms with Crippen molar-refractivity contribution in [3.63, 3.8) is 0 Å². The summed E-state index contributed by atoms with van der Waals surface area (Å²) in [5, 5.41) is 0. The van der Waals surface area contributed by atoms with Crippen molar-refractivity contribution >= 4 is 12.2 Å². The smallest absolute Gasteiger partial charge is 0.118 e. The van der Waals surface area contributed by atoms with Crippen molar-refractivity contribution in [2.24, 2.45) is 0 Å². The Morgan fingerprint density at radius 3 is 1.25 bits per heavy atom. The second kappa shape index (κ2) is 7.19. The molecule has 2 aromatic rings. The first kappa shape index (κ1) is 13.9. The molecule has 0 saturated heterocycles. The summed E-state index contributed by atoms with van der Waals surface area (Å²) in [5.74, 6) is 1.74. The van der Waals surface area contributed by atoms with Crippen LogP contribution in [0.5, 0.6) is 11.5 Å². The molecule has 102 valence electrons. The van der Waals surface area contributed by atoms with Crippen LogP contribution in [-0.2, 0) is 0 Å². The maximum atomic E-state index is 5.12. The van der Waals surface area contributed by atoms with Gasteiger partial charge in [-0.3, -0.25) is 0 Å². The molecule has 0 saturated carbocycles. The highest BCUT2D eigenvalue weighted by Gasteiger charge is 1.90. The van der Waals surface area contributed by atoms with Gasteiger partial charge in [0.25, 0.3) is 0 Å². The summed E-state index contributed by atoms with van der Waals surface area (Å²) in [6.45, 7) is 0. The topological polar surface area (TPSA) is 18.5 Å². The van der Waals surface area contributed by atoms with Gasteiger partial charge >= 0.3 is 0 Å². The van der Waals surface area contributed by atoms with Crippen LogP contribution in [0, 0.1) is 0 Å². The van der Waals surface area contributed by atoms with Crippen LogP contribution in [0.3, 0.4) is 0 Å². The van der Waals surface area contributed by atoms with Gasteiger partial charge in [0, 0.05) is 0 Å². The maximum Gasteiger partial charge on any atom is 0.118 e. The fourth-order valence-electron chi connectivity index (χ4n) is 1.76. The molecule has 0 aliphatic carbocycles. The highest BCUT2D eigenvalue weighted by atomic mass is 16.5. The Bertz CT molecular complexity index is 522. The lowest BCUT2D eigenvalue weighted by atomic mass is 10.2. The molecule has 2 heteroatoms. The van der Waals surface area contributed by atoms with Crippen molar-refractivity contribution in [3.05, 3.63) is 71.8 Å². The molecule has 0 aliphatic rings. The number of allylic oxidation sites excluding steroid dienone is 2. The largest absolute Gasteiger partial charge is 0.497 e. The standard InChI is InChI=1S/C18H18O2/c1-19-17-11-7-15(8-12-17)5-3-4-6-16-9-13-18(20-2)14-10-16/h3-14H,1-2H3/b5-3-,6-4+. The molecule has 0 amide bonds. The number of rotatable bonds is 5. The Kier molecular flexibility index (Phi) is 5.01. The summed E-state index contributed by atoms with van der Waals surface area (Å²) in [6.07, 6.45) is 8.15. The zero-order chi connectivity index (χ0) is 14.2. The van der Waals surface area contributed by atoms with Crippen LogP contribution in [0.15, 0.2) is 60.7 Å². The maximum absolute atomic E-state index is 5.12. The number of hydrogen-bond donors (Lipinski definition) is 0. The van der Waals surface area contributed by atoms with Gasteiger partial charge in [-0.2, -0.15) is 0 Å². The fraction of sp³-hybridized carbons (Fsp3) is 0.111. The van der Waals surface area contributed by atoms with Crippen molar-refractivity contribution in [1.82, 2.24) is 0 Å². The van der Waals surface area contributed by atoms with Crippen molar-refractivity contribution in [2.45, 2.75) is 0 Å². The van der Waals surface area contributed by atoms with E-state index >= 15 is 0 Å². The third-order valence-electron chi connectivity index (χ3n) is 2.92. The molecule has 2 rings (SSSR count). The van der Waals surface area contributed by atoms with Gasteiger partial charge in [-0.25, -0.2) is 0 Å². The minimum Gasteiger partial charge on any atom is -0.497 e. The average Bonchev–Trinajstić information content (AvgIpc) is 2.53. The second-order valence-electron chi connectivity index (χ2n) is 4.26. The van der Waals surface area contributed by atoms with Crippen LogP contribution >= 0.6 is 0 Å². The highest BCUT2D eigenvalue weighted by molar-refractivity contribution is 5.58. The molecule has 20 heavy (non-hydrogen) atoms. The summed E-state index contributed by atoms with van der Waals surface area (Å²) in [5.41, 5.74) is 2.29. The van der Waals surface area contributed by atoms with E-state index in [0.717, 1.165) is 22.6 Å². The molecule has 2 aromatic carbocycles. The number of methoxy groups -OCH3 is 2. The summed E-state index contributed by atoms with van der Waals surface area (Å²) in [7, 11) is 3.34. The van der Waals surface area contributed by atoms with Crippen LogP contribution < -0.4 is 9.47 Å². The molecule has 0 bridgehead atoms. The zero-order valence-electron chi connectivity index (χ0n) is 11.7. The quantitative estimate of drug-likeness (QED) is 0.745. The molecule has 0 aliphatic heterocycles. The van der Waals surface area contributed by atoms with E-state index in [0.29, 0.717) is 0 Å². The Morgan fingerprint density at radius 2 is 0.950 bits per heavy atom. The van der Waals surface area contributed by atoms with Gasteiger partial charge in [0.05, 0.1) is 14.2 Å². The van der Waals surface area contributed by atoms with Gasteiger partial charge < -0.3 is 9.47 Å². The van der Waals surface area contributed by atoms with E-state index in [1.54, 1.807) is 14.2 Å². The Labute approximate surface area is 120 Å². The third-order valence-corrected chi connectivity index (χ3v) is 2.92. The van der Waals surface area contributed by atoms with E-state index in [4.69, 9.17) is 9.47 Å². The predicted octanol–water partition coefficient (Wildman–Crippen LogP) is 4.43. The van der Waals surface area contributed by atoms with Crippen LogP contribution in [0.4, 0.5) is 0 Å². The summed E-state index contributed by atoms with van der Waals surface area (Å²) in [4.78, 5) is 0. The van der Waals surface area contributed by atoms with Crippen molar-refractivity contribution in [3.8, 4) is 11.5 Å². The van der Waals surface area contributed by atoms with E-state index in [2.05, 4.69) is 12.2 Å². The Morgan fingerprint density at radius 1 is 0.600 bits per heavy atom. The summed E-state index contributed by atoms with van der Waals surface area (Å²) < 4.78 is 10.2. The van der Waals surface area contributed by atoms with E-state index in [-0.39, 0.29) is 0 Å². The lowest BCUT2D eigenvalue weighted by Gasteiger charge is -1.99. The first-order valence-electron chi connectivity index (χ1n) is 6.44. The molecule has 0 unspecified atom stereocenters. The van der Waals surface area contributed by atoms with Crippen LogP contribution in [0.1, 0.15) is 11.1 Å². The zero-order valence-corrected chi connectivity index (χ0v) is 11.7. The summed E-state index contributed by atoms with van der Waals surface area (Å²) >= 11 is 0. The molecular weight excluding hydrogens is 248 g/mol. The van der Waals surface area contributed by atoms with Gasteiger partial charge in [-0.05, 0) is 35.4 Å². The lowest BCUT2D eigenvalue weighted by molar-refractivity contribution is 0.414. The molecule has 0 fully saturated rings. The van der Waals surface area contributed by atoms with Gasteiger partial charge in [0.1, 0.15) is 11.5 Å². The monoisotopic (exact) mass is 266 g/mol. The SMILES string of the molecule is COc1ccc(/C=C\C=C\c2ccc(OC)cc2)cc1. The van der Waals surface area contributed by atoms with Crippen LogP contribution in [0.25, 0.3) is 12.2 Å². The van der Waals surface area contributed by atoms with Crippen LogP contribution in [-0.4, -0.2) is 14.2 Å². The Balaban J connectivity index is 1.95. The molecule has 0 radical (unpaired) electrons. The molecule has 0 spiro atoms. The number of ether oxygens (including phenoxy) is 2. The fourth-order valence-corrected chi connectivity index (χ4v) is 1.76. The lowest BCUT2D eigenvalue weighted by Crippen LogP contribution is -1.81. The predicted molar refractivity (Wildman–Crippen MR) is 84.1 cm³/mol. The minimum absolute atomic E-state index is 0.871. The normalized spacial score (nSPS) is 11.1. The van der Waals surface area contributed by atoms with Gasteiger partial charge in [0.2, 0.25) is 0 Å². The van der Waals surface area contributed by atoms with E-state index in [1.165, 1.54) is 0 Å². The molecule has 0 aromatic heterocycles. The van der Waals surface area contributed by atoms with Crippen LogP contribution in [0.2, 0.25) is 0 Å². The van der Waals surface area contributed by atoms with Gasteiger partial charge in [-0.1, -0.05) is 48.6 Å². The average molecular weight is 266 g/mol. The summed E-state index contributed by atoms with van der Waals surface area (Å²) in [6, 6.07) is 15.9. The van der Waals surface area contributed by atoms with Crippen molar-refractivity contribution in [2.75, 3.05) is 14.2 Å². The highest BCUT2D eigenvalue weighted by Crippen LogP contribution is 2.14. The van der Waals surface area contributed by atoms with E-state index in [1.807, 2.05) is 60.7 Å². The van der Waals surface area contributed by atoms with Gasteiger partial charge in [0.15, 0.2) is 0 Å². The van der Waals surface area contributed by atoms with E-state index < -0.39 is 0 Å². The molecular formula is C18H18O2. The van der Waals surface area contributed by atoms with E-state index in [9.17, 15) is 0 Å². The minimum atomic E-state index is 0.871.